The third kappa shape index (κ3) is 3.11. The second-order valence-corrected chi connectivity index (χ2v) is 4.15. The van der Waals surface area contributed by atoms with Crippen molar-refractivity contribution < 1.29 is 9.13 Å². The number of halogens is 3. The van der Waals surface area contributed by atoms with Gasteiger partial charge in [-0.15, -0.1) is 11.6 Å². The molecule has 17 heavy (non-hydrogen) atoms. The molecular weight excluding hydrogens is 262 g/mol. The molecule has 0 atom stereocenters. The van der Waals surface area contributed by atoms with Gasteiger partial charge in [0.2, 0.25) is 0 Å². The summed E-state index contributed by atoms with van der Waals surface area (Å²) in [6.07, 6.45) is 0. The summed E-state index contributed by atoms with van der Waals surface area (Å²) in [7, 11) is 0. The molecule has 0 spiro atoms. The van der Waals surface area contributed by atoms with Crippen molar-refractivity contribution in [2.75, 3.05) is 0 Å². The van der Waals surface area contributed by atoms with Gasteiger partial charge in [0.15, 0.2) is 0 Å². The molecule has 0 unspecified atom stereocenters. The third-order valence-electron chi connectivity index (χ3n) is 2.22. The van der Waals surface area contributed by atoms with Gasteiger partial charge in [-0.05, 0) is 30.3 Å². The number of alkyl halides is 1. The van der Waals surface area contributed by atoms with Gasteiger partial charge in [0, 0.05) is 16.7 Å². The summed E-state index contributed by atoms with van der Waals surface area (Å²) in [5, 5.41) is 0.626. The number of ether oxygens (including phenoxy) is 1. The zero-order valence-corrected chi connectivity index (χ0v) is 10.3. The van der Waals surface area contributed by atoms with Crippen molar-refractivity contribution in [1.82, 2.24) is 0 Å². The Morgan fingerprint density at radius 1 is 1.00 bits per heavy atom. The van der Waals surface area contributed by atoms with E-state index in [1.54, 1.807) is 36.4 Å². The smallest absolute Gasteiger partial charge is 0.131 e. The van der Waals surface area contributed by atoms with Crippen LogP contribution in [0, 0.1) is 5.82 Å². The van der Waals surface area contributed by atoms with Crippen molar-refractivity contribution in [1.29, 1.82) is 0 Å². The van der Waals surface area contributed by atoms with Gasteiger partial charge in [0.05, 0.1) is 5.88 Å². The highest BCUT2D eigenvalue weighted by Gasteiger charge is 2.04. The number of hydrogen-bond acceptors (Lipinski definition) is 1. The minimum Gasteiger partial charge on any atom is -0.457 e. The van der Waals surface area contributed by atoms with E-state index in [0.717, 1.165) is 0 Å². The first-order chi connectivity index (χ1) is 8.19. The van der Waals surface area contributed by atoms with Gasteiger partial charge in [-0.25, -0.2) is 4.39 Å². The molecule has 1 nitrogen and oxygen atoms in total. The summed E-state index contributed by atoms with van der Waals surface area (Å²) < 4.78 is 18.9. The highest BCUT2D eigenvalue weighted by Crippen LogP contribution is 2.25. The lowest BCUT2D eigenvalue weighted by Gasteiger charge is -2.07. The molecule has 4 heteroatoms. The van der Waals surface area contributed by atoms with Crippen LogP contribution in [0.3, 0.4) is 0 Å². The molecule has 0 aromatic heterocycles. The van der Waals surface area contributed by atoms with Gasteiger partial charge in [-0.3, -0.25) is 0 Å². The minimum atomic E-state index is -0.369. The molecule has 0 radical (unpaired) electrons. The topological polar surface area (TPSA) is 9.23 Å². The average molecular weight is 271 g/mol. The van der Waals surface area contributed by atoms with E-state index >= 15 is 0 Å². The Morgan fingerprint density at radius 3 is 2.24 bits per heavy atom. The van der Waals surface area contributed by atoms with E-state index in [-0.39, 0.29) is 11.7 Å². The lowest BCUT2D eigenvalue weighted by atomic mass is 10.2. The van der Waals surface area contributed by atoms with Crippen LogP contribution < -0.4 is 4.74 Å². The van der Waals surface area contributed by atoms with E-state index in [2.05, 4.69) is 0 Å². The fourth-order valence-electron chi connectivity index (χ4n) is 1.34. The highest BCUT2D eigenvalue weighted by molar-refractivity contribution is 6.30. The Labute approximate surface area is 109 Å². The molecule has 0 bridgehead atoms. The average Bonchev–Trinajstić information content (AvgIpc) is 2.32. The largest absolute Gasteiger partial charge is 0.457 e. The second-order valence-electron chi connectivity index (χ2n) is 3.44. The second kappa shape index (κ2) is 5.39. The van der Waals surface area contributed by atoms with E-state index in [9.17, 15) is 4.39 Å². The van der Waals surface area contributed by atoms with Crippen LogP contribution in [0.4, 0.5) is 4.39 Å². The maximum atomic E-state index is 13.4. The quantitative estimate of drug-likeness (QED) is 0.713. The number of rotatable bonds is 3. The van der Waals surface area contributed by atoms with Crippen LogP contribution in [0.15, 0.2) is 42.5 Å². The fraction of sp³-hybridized carbons (Fsp3) is 0.0769. The van der Waals surface area contributed by atoms with Gasteiger partial charge in [0.1, 0.15) is 17.3 Å². The fourth-order valence-corrected chi connectivity index (χ4v) is 1.68. The third-order valence-corrected chi connectivity index (χ3v) is 2.76. The maximum absolute atomic E-state index is 13.4. The van der Waals surface area contributed by atoms with Crippen LogP contribution >= 0.6 is 23.2 Å². The molecule has 2 aromatic carbocycles. The van der Waals surface area contributed by atoms with Crippen molar-refractivity contribution in [2.24, 2.45) is 0 Å². The lowest BCUT2D eigenvalue weighted by molar-refractivity contribution is 0.476. The Balaban J connectivity index is 2.19. The molecule has 0 N–H and O–H groups in total. The van der Waals surface area contributed by atoms with Gasteiger partial charge in [0.25, 0.3) is 0 Å². The molecule has 88 valence electrons. The molecule has 0 aliphatic heterocycles. The molecule has 2 aromatic rings. The van der Waals surface area contributed by atoms with Gasteiger partial charge >= 0.3 is 0 Å². The highest BCUT2D eigenvalue weighted by atomic mass is 35.5. The molecule has 0 amide bonds. The van der Waals surface area contributed by atoms with Crippen molar-refractivity contribution in [3.05, 3.63) is 58.9 Å². The molecule has 0 fully saturated rings. The van der Waals surface area contributed by atoms with E-state index in [1.165, 1.54) is 6.07 Å². The predicted octanol–water partition coefficient (Wildman–Crippen LogP) is 5.01. The Kier molecular flexibility index (Phi) is 3.87. The summed E-state index contributed by atoms with van der Waals surface area (Å²) in [6.45, 7) is 0. The first-order valence-corrected chi connectivity index (χ1v) is 5.88. The first-order valence-electron chi connectivity index (χ1n) is 4.97. The van der Waals surface area contributed by atoms with Crippen molar-refractivity contribution in [3.8, 4) is 11.5 Å². The summed E-state index contributed by atoms with van der Waals surface area (Å²) in [4.78, 5) is 0. The van der Waals surface area contributed by atoms with Gasteiger partial charge in [-0.2, -0.15) is 0 Å². The standard InChI is InChI=1S/C13H9Cl2FO/c14-8-9-1-4-12(7-13(9)16)17-11-5-2-10(15)3-6-11/h1-7H,8H2. The Morgan fingerprint density at radius 2 is 1.65 bits per heavy atom. The molecular formula is C13H9Cl2FO. The van der Waals surface area contributed by atoms with E-state index in [4.69, 9.17) is 27.9 Å². The lowest BCUT2D eigenvalue weighted by Crippen LogP contribution is -1.89. The maximum Gasteiger partial charge on any atom is 0.131 e. The SMILES string of the molecule is Fc1cc(Oc2ccc(Cl)cc2)ccc1CCl. The van der Waals surface area contributed by atoms with Gasteiger partial charge < -0.3 is 4.74 Å². The first kappa shape index (κ1) is 12.2. The molecule has 0 heterocycles. The van der Waals surface area contributed by atoms with Crippen molar-refractivity contribution in [2.45, 2.75) is 5.88 Å². The summed E-state index contributed by atoms with van der Waals surface area (Å²) in [6, 6.07) is 11.4. The summed E-state index contributed by atoms with van der Waals surface area (Å²) in [5.41, 5.74) is 0.454. The van der Waals surface area contributed by atoms with Gasteiger partial charge in [-0.1, -0.05) is 17.7 Å². The molecule has 0 aliphatic rings. The van der Waals surface area contributed by atoms with E-state index in [1.807, 2.05) is 0 Å². The zero-order valence-electron chi connectivity index (χ0n) is 8.79. The Hall–Kier alpha value is -1.25. The van der Waals surface area contributed by atoms with Crippen LogP contribution in [0.1, 0.15) is 5.56 Å². The predicted molar refractivity (Wildman–Crippen MR) is 67.5 cm³/mol. The monoisotopic (exact) mass is 270 g/mol. The number of benzene rings is 2. The van der Waals surface area contributed by atoms with E-state index < -0.39 is 0 Å². The zero-order chi connectivity index (χ0) is 12.3. The van der Waals surface area contributed by atoms with Crippen LogP contribution in [-0.2, 0) is 5.88 Å². The van der Waals surface area contributed by atoms with Crippen LogP contribution in [0.25, 0.3) is 0 Å². The summed E-state index contributed by atoms with van der Waals surface area (Å²) in [5.74, 6) is 0.810. The van der Waals surface area contributed by atoms with Crippen molar-refractivity contribution >= 4 is 23.2 Å². The van der Waals surface area contributed by atoms with E-state index in [0.29, 0.717) is 22.1 Å². The minimum absolute atomic E-state index is 0.146. The van der Waals surface area contributed by atoms with Crippen LogP contribution in [-0.4, -0.2) is 0 Å². The molecule has 0 saturated carbocycles. The van der Waals surface area contributed by atoms with Crippen molar-refractivity contribution in [3.63, 3.8) is 0 Å². The normalized spacial score (nSPS) is 10.3. The van der Waals surface area contributed by atoms with Crippen LogP contribution in [0.2, 0.25) is 5.02 Å². The molecule has 2 rings (SSSR count). The molecule has 0 saturated heterocycles. The Bertz CT molecular complexity index is 511. The number of hydrogen-bond donors (Lipinski definition) is 0. The summed E-state index contributed by atoms with van der Waals surface area (Å²) >= 11 is 11.3. The van der Waals surface area contributed by atoms with Crippen LogP contribution in [0.5, 0.6) is 11.5 Å². The molecule has 0 aliphatic carbocycles.